The Hall–Kier alpha value is -1.68. The smallest absolute Gasteiger partial charge is 0.254 e. The normalized spacial score (nSPS) is 10.3. The van der Waals surface area contributed by atoms with Crippen LogP contribution in [0.15, 0.2) is 46.9 Å². The Kier molecular flexibility index (Phi) is 4.32. The fraction of sp³-hybridized carbons (Fsp3) is 0.133. The highest BCUT2D eigenvalue weighted by Gasteiger charge is 2.11. The zero-order valence-electron chi connectivity index (χ0n) is 10.4. The van der Waals surface area contributed by atoms with Gasteiger partial charge in [-0.3, -0.25) is 4.79 Å². The lowest BCUT2D eigenvalue weighted by Gasteiger charge is -2.07. The number of halogens is 2. The highest BCUT2D eigenvalue weighted by atomic mass is 79.9. The second-order valence-corrected chi connectivity index (χ2v) is 5.21. The first kappa shape index (κ1) is 13.7. The lowest BCUT2D eigenvalue weighted by Crippen LogP contribution is -2.23. The number of amides is 1. The van der Waals surface area contributed by atoms with Gasteiger partial charge in [-0.2, -0.15) is 0 Å². The summed E-state index contributed by atoms with van der Waals surface area (Å²) in [6.45, 7) is 2.20. The Balaban J connectivity index is 2.05. The molecule has 0 atom stereocenters. The topological polar surface area (TPSA) is 29.1 Å². The molecule has 0 aliphatic rings. The predicted octanol–water partition coefficient (Wildman–Crippen LogP) is 3.83. The Morgan fingerprint density at radius 2 is 1.89 bits per heavy atom. The van der Waals surface area contributed by atoms with Gasteiger partial charge in [-0.05, 0) is 36.8 Å². The van der Waals surface area contributed by atoms with Crippen molar-refractivity contribution in [1.82, 2.24) is 5.32 Å². The first-order valence-electron chi connectivity index (χ1n) is 5.85. The number of nitrogens with one attached hydrogen (secondary N) is 1. The monoisotopic (exact) mass is 321 g/mol. The van der Waals surface area contributed by atoms with Crippen molar-refractivity contribution in [3.8, 4) is 0 Å². The summed E-state index contributed by atoms with van der Waals surface area (Å²) in [7, 11) is 0. The number of carbonyl (C=O) groups excluding carboxylic acids is 1. The minimum Gasteiger partial charge on any atom is -0.348 e. The molecule has 0 saturated heterocycles. The van der Waals surface area contributed by atoms with E-state index >= 15 is 0 Å². The summed E-state index contributed by atoms with van der Waals surface area (Å²) in [6, 6.07) is 12.1. The molecule has 0 aliphatic carbocycles. The molecule has 98 valence electrons. The van der Waals surface area contributed by atoms with E-state index in [4.69, 9.17) is 0 Å². The van der Waals surface area contributed by atoms with E-state index in [1.54, 1.807) is 12.1 Å². The van der Waals surface area contributed by atoms with Gasteiger partial charge in [0.2, 0.25) is 0 Å². The zero-order chi connectivity index (χ0) is 13.8. The minimum absolute atomic E-state index is 0.0807. The van der Waals surface area contributed by atoms with Crippen molar-refractivity contribution in [1.29, 1.82) is 0 Å². The number of hydrogen-bond acceptors (Lipinski definition) is 1. The average Bonchev–Trinajstić information content (AvgIpc) is 2.40. The maximum Gasteiger partial charge on any atom is 0.254 e. The van der Waals surface area contributed by atoms with Gasteiger partial charge in [0.05, 0.1) is 5.56 Å². The number of rotatable bonds is 3. The molecule has 1 N–H and O–H groups in total. The molecule has 19 heavy (non-hydrogen) atoms. The molecule has 0 unspecified atom stereocenters. The third-order valence-corrected chi connectivity index (χ3v) is 3.26. The van der Waals surface area contributed by atoms with Crippen molar-refractivity contribution in [2.75, 3.05) is 0 Å². The van der Waals surface area contributed by atoms with Crippen LogP contribution in [-0.2, 0) is 6.54 Å². The van der Waals surface area contributed by atoms with E-state index in [0.29, 0.717) is 6.54 Å². The van der Waals surface area contributed by atoms with E-state index in [2.05, 4.69) is 21.2 Å². The molecule has 0 bridgehead atoms. The molecule has 0 heterocycles. The van der Waals surface area contributed by atoms with Crippen molar-refractivity contribution in [3.63, 3.8) is 0 Å². The van der Waals surface area contributed by atoms with E-state index in [0.717, 1.165) is 15.6 Å². The third-order valence-electron chi connectivity index (χ3n) is 2.73. The summed E-state index contributed by atoms with van der Waals surface area (Å²) in [6.07, 6.45) is 0. The second kappa shape index (κ2) is 5.97. The minimum atomic E-state index is -0.501. The fourth-order valence-corrected chi connectivity index (χ4v) is 1.96. The van der Waals surface area contributed by atoms with Crippen molar-refractivity contribution in [2.45, 2.75) is 13.5 Å². The Bertz CT molecular complexity index is 596. The molecular formula is C15H13BrFNO. The van der Waals surface area contributed by atoms with E-state index < -0.39 is 11.7 Å². The molecule has 2 aromatic carbocycles. The van der Waals surface area contributed by atoms with Crippen molar-refractivity contribution in [2.24, 2.45) is 0 Å². The van der Waals surface area contributed by atoms with E-state index in [9.17, 15) is 9.18 Å². The van der Waals surface area contributed by atoms with Crippen LogP contribution in [0.4, 0.5) is 4.39 Å². The highest BCUT2D eigenvalue weighted by molar-refractivity contribution is 9.10. The summed E-state index contributed by atoms with van der Waals surface area (Å²) in [5.74, 6) is -0.900. The average molecular weight is 322 g/mol. The van der Waals surface area contributed by atoms with Crippen LogP contribution in [0.1, 0.15) is 21.5 Å². The SMILES string of the molecule is Cc1ccc(F)c(C(=O)NCc2ccc(Br)cc2)c1. The van der Waals surface area contributed by atoms with Gasteiger partial charge in [-0.15, -0.1) is 0 Å². The lowest BCUT2D eigenvalue weighted by molar-refractivity contribution is 0.0947. The van der Waals surface area contributed by atoms with E-state index in [1.165, 1.54) is 6.07 Å². The summed E-state index contributed by atoms with van der Waals surface area (Å²) < 4.78 is 14.5. The van der Waals surface area contributed by atoms with Gasteiger partial charge in [0.1, 0.15) is 5.82 Å². The van der Waals surface area contributed by atoms with Crippen LogP contribution in [-0.4, -0.2) is 5.91 Å². The Morgan fingerprint density at radius 1 is 1.21 bits per heavy atom. The van der Waals surface area contributed by atoms with Gasteiger partial charge in [0.15, 0.2) is 0 Å². The molecule has 0 aromatic heterocycles. The molecule has 1 amide bonds. The van der Waals surface area contributed by atoms with Gasteiger partial charge < -0.3 is 5.32 Å². The quantitative estimate of drug-likeness (QED) is 0.914. The number of benzene rings is 2. The Labute approximate surface area is 119 Å². The van der Waals surface area contributed by atoms with E-state index in [1.807, 2.05) is 31.2 Å². The van der Waals surface area contributed by atoms with Crippen LogP contribution in [0.3, 0.4) is 0 Å². The van der Waals surface area contributed by atoms with Crippen LogP contribution in [0.5, 0.6) is 0 Å². The molecule has 0 fully saturated rings. The fourth-order valence-electron chi connectivity index (χ4n) is 1.69. The molecular weight excluding hydrogens is 309 g/mol. The molecule has 2 aromatic rings. The van der Waals surface area contributed by atoms with E-state index in [-0.39, 0.29) is 5.56 Å². The molecule has 2 rings (SSSR count). The Morgan fingerprint density at radius 3 is 2.58 bits per heavy atom. The predicted molar refractivity (Wildman–Crippen MR) is 76.4 cm³/mol. The highest BCUT2D eigenvalue weighted by Crippen LogP contribution is 2.12. The molecule has 0 radical (unpaired) electrons. The molecule has 0 spiro atoms. The first-order valence-corrected chi connectivity index (χ1v) is 6.64. The van der Waals surface area contributed by atoms with Gasteiger partial charge in [-0.1, -0.05) is 39.7 Å². The van der Waals surface area contributed by atoms with Crippen molar-refractivity contribution in [3.05, 3.63) is 69.4 Å². The molecule has 2 nitrogen and oxygen atoms in total. The first-order chi connectivity index (χ1) is 9.06. The van der Waals surface area contributed by atoms with Crippen molar-refractivity contribution < 1.29 is 9.18 Å². The largest absolute Gasteiger partial charge is 0.348 e. The molecule has 0 saturated carbocycles. The van der Waals surface area contributed by atoms with Gasteiger partial charge in [-0.25, -0.2) is 4.39 Å². The lowest BCUT2D eigenvalue weighted by atomic mass is 10.1. The number of hydrogen-bond donors (Lipinski definition) is 1. The van der Waals surface area contributed by atoms with Gasteiger partial charge >= 0.3 is 0 Å². The number of carbonyl (C=O) groups is 1. The van der Waals surface area contributed by atoms with Crippen LogP contribution < -0.4 is 5.32 Å². The zero-order valence-corrected chi connectivity index (χ0v) is 12.0. The van der Waals surface area contributed by atoms with Crippen LogP contribution >= 0.6 is 15.9 Å². The van der Waals surface area contributed by atoms with Crippen LogP contribution in [0.2, 0.25) is 0 Å². The molecule has 0 aliphatic heterocycles. The summed E-state index contributed by atoms with van der Waals surface area (Å²) in [5, 5.41) is 2.71. The second-order valence-electron chi connectivity index (χ2n) is 4.29. The van der Waals surface area contributed by atoms with Crippen LogP contribution in [0, 0.1) is 12.7 Å². The maximum atomic E-state index is 13.5. The summed E-state index contributed by atoms with van der Waals surface area (Å²) >= 11 is 3.34. The summed E-state index contributed by atoms with van der Waals surface area (Å²) in [5.41, 5.74) is 1.90. The third kappa shape index (κ3) is 3.64. The summed E-state index contributed by atoms with van der Waals surface area (Å²) in [4.78, 5) is 11.9. The number of aryl methyl sites for hydroxylation is 1. The molecule has 4 heteroatoms. The van der Waals surface area contributed by atoms with Gasteiger partial charge in [0, 0.05) is 11.0 Å². The van der Waals surface area contributed by atoms with Crippen LogP contribution in [0.25, 0.3) is 0 Å². The van der Waals surface area contributed by atoms with Crippen molar-refractivity contribution >= 4 is 21.8 Å². The standard InChI is InChI=1S/C15H13BrFNO/c1-10-2-7-14(17)13(8-10)15(19)18-9-11-3-5-12(16)6-4-11/h2-8H,9H2,1H3,(H,18,19). The van der Waals surface area contributed by atoms with Gasteiger partial charge in [0.25, 0.3) is 5.91 Å². The maximum absolute atomic E-state index is 13.5.